The van der Waals surface area contributed by atoms with E-state index >= 15 is 0 Å². The van der Waals surface area contributed by atoms with E-state index in [4.69, 9.17) is 16.7 Å². The zero-order valence-corrected chi connectivity index (χ0v) is 11.1. The van der Waals surface area contributed by atoms with E-state index in [-0.39, 0.29) is 41.1 Å². The van der Waals surface area contributed by atoms with Crippen molar-refractivity contribution in [2.45, 2.75) is 19.5 Å². The Morgan fingerprint density at radius 3 is 2.74 bits per heavy atom. The van der Waals surface area contributed by atoms with Crippen molar-refractivity contribution in [2.75, 3.05) is 13.2 Å². The van der Waals surface area contributed by atoms with Gasteiger partial charge in [-0.05, 0) is 18.6 Å². The quantitative estimate of drug-likeness (QED) is 0.877. The predicted molar refractivity (Wildman–Crippen MR) is 69.7 cm³/mol. The molecule has 102 valence electrons. The average molecular weight is 284 g/mol. The maximum Gasteiger partial charge on any atom is 0.337 e. The van der Waals surface area contributed by atoms with Gasteiger partial charge in [0.15, 0.2) is 5.78 Å². The summed E-state index contributed by atoms with van der Waals surface area (Å²) in [5, 5.41) is 18.4. The van der Waals surface area contributed by atoms with Crippen molar-refractivity contribution in [3.63, 3.8) is 0 Å². The van der Waals surface area contributed by atoms with Gasteiger partial charge in [-0.3, -0.25) is 9.69 Å². The topological polar surface area (TPSA) is 77.8 Å². The lowest BCUT2D eigenvalue weighted by molar-refractivity contribution is 0.0678. The molecule has 0 spiro atoms. The molecule has 1 aliphatic rings. The van der Waals surface area contributed by atoms with Crippen molar-refractivity contribution >= 4 is 23.4 Å². The van der Waals surface area contributed by atoms with E-state index in [1.165, 1.54) is 6.07 Å². The zero-order valence-electron chi connectivity index (χ0n) is 10.4. The fraction of sp³-hybridized carbons (Fsp3) is 0.385. The van der Waals surface area contributed by atoms with Gasteiger partial charge in [0, 0.05) is 18.2 Å². The van der Waals surface area contributed by atoms with Gasteiger partial charge in [0.2, 0.25) is 0 Å². The summed E-state index contributed by atoms with van der Waals surface area (Å²) in [7, 11) is 0. The first kappa shape index (κ1) is 14.0. The molecule has 0 fully saturated rings. The molecule has 0 aliphatic carbocycles. The van der Waals surface area contributed by atoms with Crippen molar-refractivity contribution in [1.29, 1.82) is 0 Å². The van der Waals surface area contributed by atoms with Crippen molar-refractivity contribution in [3.05, 3.63) is 33.8 Å². The lowest BCUT2D eigenvalue weighted by atomic mass is 9.92. The second-order valence-corrected chi connectivity index (χ2v) is 5.03. The Balaban J connectivity index is 2.49. The third-order valence-corrected chi connectivity index (χ3v) is 3.66. The molecule has 1 heterocycles. The van der Waals surface area contributed by atoms with E-state index in [0.29, 0.717) is 12.1 Å². The van der Waals surface area contributed by atoms with E-state index in [1.807, 2.05) is 11.8 Å². The molecule has 19 heavy (non-hydrogen) atoms. The monoisotopic (exact) mass is 283 g/mol. The van der Waals surface area contributed by atoms with Crippen LogP contribution in [0.5, 0.6) is 0 Å². The van der Waals surface area contributed by atoms with Gasteiger partial charge in [-0.25, -0.2) is 4.79 Å². The summed E-state index contributed by atoms with van der Waals surface area (Å²) in [6.45, 7) is 2.28. The van der Waals surface area contributed by atoms with Crippen LogP contribution >= 0.6 is 11.6 Å². The van der Waals surface area contributed by atoms with Gasteiger partial charge in [0.05, 0.1) is 23.7 Å². The lowest BCUT2D eigenvalue weighted by Gasteiger charge is -2.32. The number of benzene rings is 1. The number of hydrogen-bond donors (Lipinski definition) is 2. The van der Waals surface area contributed by atoms with Gasteiger partial charge in [-0.15, -0.1) is 0 Å². The third-order valence-electron chi connectivity index (χ3n) is 3.34. The minimum Gasteiger partial charge on any atom is -0.478 e. The molecule has 1 atom stereocenters. The number of fused-ring (bicyclic) bond motifs is 1. The fourth-order valence-corrected chi connectivity index (χ4v) is 2.48. The second-order valence-electron chi connectivity index (χ2n) is 4.62. The summed E-state index contributed by atoms with van der Waals surface area (Å²) in [5.41, 5.74) is 0.709. The Morgan fingerprint density at radius 1 is 1.47 bits per heavy atom. The summed E-state index contributed by atoms with van der Waals surface area (Å²) < 4.78 is 0. The number of carbonyl (C=O) groups excluding carboxylic acids is 1. The van der Waals surface area contributed by atoms with Crippen molar-refractivity contribution in [1.82, 2.24) is 4.90 Å². The first-order valence-electron chi connectivity index (χ1n) is 5.88. The van der Waals surface area contributed by atoms with Crippen LogP contribution in [0.4, 0.5) is 0 Å². The number of carboxylic acids is 1. The highest BCUT2D eigenvalue weighted by atomic mass is 35.5. The van der Waals surface area contributed by atoms with E-state index < -0.39 is 5.97 Å². The number of carboxylic acid groups (broad SMARTS) is 1. The first-order valence-corrected chi connectivity index (χ1v) is 6.26. The molecule has 1 aliphatic heterocycles. The van der Waals surface area contributed by atoms with Crippen LogP contribution in [-0.4, -0.2) is 46.1 Å². The number of Topliss-reactive ketones (excluding diaryl/α,β-unsaturated/α-hetero) is 1. The molecule has 2 N–H and O–H groups in total. The van der Waals surface area contributed by atoms with Gasteiger partial charge < -0.3 is 10.2 Å². The average Bonchev–Trinajstić information content (AvgIpc) is 2.37. The van der Waals surface area contributed by atoms with Crippen LogP contribution in [0.2, 0.25) is 5.02 Å². The number of hydrogen-bond acceptors (Lipinski definition) is 4. The van der Waals surface area contributed by atoms with E-state index in [1.54, 1.807) is 6.07 Å². The highest BCUT2D eigenvalue weighted by molar-refractivity contribution is 6.34. The molecule has 5 nitrogen and oxygen atoms in total. The van der Waals surface area contributed by atoms with Crippen LogP contribution in [0.3, 0.4) is 0 Å². The van der Waals surface area contributed by atoms with Crippen molar-refractivity contribution < 1.29 is 19.8 Å². The molecule has 6 heteroatoms. The summed E-state index contributed by atoms with van der Waals surface area (Å²) >= 11 is 5.86. The summed E-state index contributed by atoms with van der Waals surface area (Å²) in [6, 6.07) is 3.00. The number of ketones is 1. The summed E-state index contributed by atoms with van der Waals surface area (Å²) in [4.78, 5) is 25.2. The van der Waals surface area contributed by atoms with Gasteiger partial charge in [-0.2, -0.15) is 0 Å². The Kier molecular flexibility index (Phi) is 3.89. The van der Waals surface area contributed by atoms with Gasteiger partial charge in [0.1, 0.15) is 0 Å². The third kappa shape index (κ3) is 2.49. The van der Waals surface area contributed by atoms with Crippen LogP contribution in [0.25, 0.3) is 0 Å². The highest BCUT2D eigenvalue weighted by Crippen LogP contribution is 2.29. The molecule has 0 aromatic heterocycles. The SMILES string of the molecule is C[C@H](CO)N1CC(=O)c2c(ccc(Cl)c2C(=O)O)C1. The maximum atomic E-state index is 12.1. The molecule has 0 saturated heterocycles. The normalized spacial score (nSPS) is 17.1. The van der Waals surface area contributed by atoms with Gasteiger partial charge in [-0.1, -0.05) is 17.7 Å². The fourth-order valence-electron chi connectivity index (χ4n) is 2.25. The molecule has 2 rings (SSSR count). The molecular weight excluding hydrogens is 270 g/mol. The number of nitrogens with zero attached hydrogens (tertiary/aromatic N) is 1. The maximum absolute atomic E-state index is 12.1. The highest BCUT2D eigenvalue weighted by Gasteiger charge is 2.31. The molecule has 0 bridgehead atoms. The van der Waals surface area contributed by atoms with Gasteiger partial charge in [0.25, 0.3) is 0 Å². The first-order chi connectivity index (χ1) is 8.95. The summed E-state index contributed by atoms with van der Waals surface area (Å²) in [5.74, 6) is -1.47. The molecule has 0 radical (unpaired) electrons. The molecule has 0 unspecified atom stereocenters. The number of aliphatic hydroxyl groups excluding tert-OH is 1. The lowest BCUT2D eigenvalue weighted by Crippen LogP contribution is -2.43. The smallest absolute Gasteiger partial charge is 0.337 e. The molecular formula is C13H14ClNO4. The molecule has 0 saturated carbocycles. The van der Waals surface area contributed by atoms with Gasteiger partial charge >= 0.3 is 5.97 Å². The van der Waals surface area contributed by atoms with E-state index in [2.05, 4.69) is 0 Å². The standard InChI is InChI=1S/C13H14ClNO4/c1-7(6-16)15-4-8-2-3-9(14)12(13(18)19)11(8)10(17)5-15/h2-3,7,16H,4-6H2,1H3,(H,18,19)/t7-/m1/s1. The van der Waals surface area contributed by atoms with Crippen molar-refractivity contribution in [3.8, 4) is 0 Å². The molecule has 1 aromatic rings. The molecule has 0 amide bonds. The van der Waals surface area contributed by atoms with Crippen LogP contribution in [0.1, 0.15) is 33.2 Å². The largest absolute Gasteiger partial charge is 0.478 e. The van der Waals surface area contributed by atoms with Crippen LogP contribution in [0, 0.1) is 0 Å². The number of aromatic carboxylic acids is 1. The van der Waals surface area contributed by atoms with E-state index in [0.717, 1.165) is 0 Å². The zero-order chi connectivity index (χ0) is 14.2. The second kappa shape index (κ2) is 5.28. The van der Waals surface area contributed by atoms with Crippen LogP contribution < -0.4 is 0 Å². The van der Waals surface area contributed by atoms with Crippen LogP contribution in [-0.2, 0) is 6.54 Å². The van der Waals surface area contributed by atoms with E-state index in [9.17, 15) is 14.7 Å². The number of aliphatic hydroxyl groups is 1. The Labute approximate surface area is 115 Å². The minimum absolute atomic E-state index is 0.0536. The molecule has 1 aromatic carbocycles. The Morgan fingerprint density at radius 2 is 2.16 bits per heavy atom. The Hall–Kier alpha value is -1.43. The summed E-state index contributed by atoms with van der Waals surface area (Å²) in [6.07, 6.45) is 0. The minimum atomic E-state index is -1.20. The predicted octanol–water partition coefficient (Wildman–Crippen LogP) is 1.42. The van der Waals surface area contributed by atoms with Crippen LogP contribution in [0.15, 0.2) is 12.1 Å². The Bertz CT molecular complexity index is 544. The van der Waals surface area contributed by atoms with Crippen molar-refractivity contribution in [2.24, 2.45) is 0 Å². The number of rotatable bonds is 3. The number of halogens is 1. The number of carbonyl (C=O) groups is 2.